The van der Waals surface area contributed by atoms with Crippen LogP contribution in [0.2, 0.25) is 0 Å². The van der Waals surface area contributed by atoms with Crippen molar-refractivity contribution in [2.45, 2.75) is 130 Å². The first kappa shape index (κ1) is 33.5. The lowest BCUT2D eigenvalue weighted by atomic mass is 9.64. The van der Waals surface area contributed by atoms with Crippen LogP contribution < -0.4 is 0 Å². The van der Waals surface area contributed by atoms with E-state index in [9.17, 15) is 0 Å². The summed E-state index contributed by atoms with van der Waals surface area (Å²) in [6.45, 7) is 26.8. The van der Waals surface area contributed by atoms with Gasteiger partial charge in [-0.15, -0.1) is 0 Å². The molecule has 0 aliphatic heterocycles. The zero-order valence-electron chi connectivity index (χ0n) is 32.7. The zero-order valence-corrected chi connectivity index (χ0v) is 32.7. The lowest BCUT2D eigenvalue weighted by molar-refractivity contribution is 0.491. The van der Waals surface area contributed by atoms with E-state index >= 15 is 0 Å². The van der Waals surface area contributed by atoms with Crippen molar-refractivity contribution in [2.75, 3.05) is 0 Å². The minimum atomic E-state index is -0.198. The van der Waals surface area contributed by atoms with Gasteiger partial charge in [0.1, 0.15) is 0 Å². The van der Waals surface area contributed by atoms with Crippen molar-refractivity contribution in [1.82, 2.24) is 0 Å². The highest BCUT2D eigenvalue weighted by molar-refractivity contribution is 6.13. The van der Waals surface area contributed by atoms with Gasteiger partial charge in [-0.2, -0.15) is 0 Å². The van der Waals surface area contributed by atoms with Crippen LogP contribution in [0.15, 0.2) is 90.0 Å². The molecule has 1 unspecified atom stereocenters. The third kappa shape index (κ3) is 4.29. The van der Waals surface area contributed by atoms with Crippen LogP contribution in [0.25, 0.3) is 33.0 Å². The highest BCUT2D eigenvalue weighted by Crippen LogP contribution is 2.68. The molecule has 0 heteroatoms. The predicted molar refractivity (Wildman–Crippen MR) is 217 cm³/mol. The fraction of sp³-hybridized carbons (Fsp3) is 0.440. The summed E-state index contributed by atoms with van der Waals surface area (Å²) < 4.78 is 0. The lowest BCUT2D eigenvalue weighted by Gasteiger charge is -2.39. The van der Waals surface area contributed by atoms with Gasteiger partial charge >= 0.3 is 0 Å². The van der Waals surface area contributed by atoms with Gasteiger partial charge in [-0.25, -0.2) is 0 Å². The van der Waals surface area contributed by atoms with Gasteiger partial charge in [0.05, 0.1) is 0 Å². The molecule has 0 saturated heterocycles. The van der Waals surface area contributed by atoms with Crippen LogP contribution in [-0.4, -0.2) is 0 Å². The summed E-state index contributed by atoms with van der Waals surface area (Å²) in [4.78, 5) is 0. The summed E-state index contributed by atoms with van der Waals surface area (Å²) in [6, 6.07) is 26.5. The highest BCUT2D eigenvalue weighted by Gasteiger charge is 2.54. The SMILES string of the molecule is CCC(CC)C1=CC2(CC(C(CC)CC)=C1)c1ccc3c(c1-c1cc(C(C)(C)C)c4ccccc4c12)C(C)(C)C1=C3C(C)(C)c2ccccc21. The van der Waals surface area contributed by atoms with Crippen molar-refractivity contribution in [3.63, 3.8) is 0 Å². The van der Waals surface area contributed by atoms with E-state index in [1.54, 1.807) is 39.0 Å². The van der Waals surface area contributed by atoms with Gasteiger partial charge < -0.3 is 0 Å². The van der Waals surface area contributed by atoms with E-state index in [0.717, 1.165) is 6.42 Å². The Hall–Kier alpha value is -3.64. The number of hydrogen-bond donors (Lipinski definition) is 0. The topological polar surface area (TPSA) is 0 Å². The first-order valence-electron chi connectivity index (χ1n) is 19.8. The summed E-state index contributed by atoms with van der Waals surface area (Å²) in [5.41, 5.74) is 19.6. The third-order valence-corrected chi connectivity index (χ3v) is 13.7. The van der Waals surface area contributed by atoms with Crippen LogP contribution in [-0.2, 0) is 21.7 Å². The molecular formula is C50H58. The van der Waals surface area contributed by atoms with E-state index in [-0.39, 0.29) is 21.7 Å². The monoisotopic (exact) mass is 658 g/mol. The number of hydrogen-bond acceptors (Lipinski definition) is 0. The largest absolute Gasteiger partial charge is 0.0657 e. The van der Waals surface area contributed by atoms with Crippen LogP contribution >= 0.6 is 0 Å². The molecule has 4 aromatic carbocycles. The molecule has 0 amide bonds. The molecule has 1 atom stereocenters. The number of benzene rings is 4. The van der Waals surface area contributed by atoms with Crippen molar-refractivity contribution in [3.05, 3.63) is 129 Å². The molecule has 4 aliphatic rings. The average molecular weight is 659 g/mol. The molecule has 4 aliphatic carbocycles. The van der Waals surface area contributed by atoms with E-state index in [0.29, 0.717) is 11.8 Å². The molecule has 4 aromatic rings. The second-order valence-corrected chi connectivity index (χ2v) is 18.1. The van der Waals surface area contributed by atoms with Gasteiger partial charge in [0, 0.05) is 16.2 Å². The molecule has 0 heterocycles. The minimum Gasteiger partial charge on any atom is -0.0657 e. The van der Waals surface area contributed by atoms with Gasteiger partial charge in [0.2, 0.25) is 0 Å². The molecule has 0 bridgehead atoms. The molecule has 0 nitrogen and oxygen atoms in total. The van der Waals surface area contributed by atoms with E-state index in [1.165, 1.54) is 69.8 Å². The smallest absolute Gasteiger partial charge is 0.0443 e. The Morgan fingerprint density at radius 3 is 1.90 bits per heavy atom. The van der Waals surface area contributed by atoms with Crippen molar-refractivity contribution >= 4 is 21.9 Å². The molecule has 0 aromatic heterocycles. The highest BCUT2D eigenvalue weighted by atomic mass is 14.6. The molecule has 1 spiro atoms. The fourth-order valence-electron chi connectivity index (χ4n) is 11.4. The maximum Gasteiger partial charge on any atom is 0.0443 e. The summed E-state index contributed by atoms with van der Waals surface area (Å²) in [7, 11) is 0. The zero-order chi connectivity index (χ0) is 35.5. The van der Waals surface area contributed by atoms with E-state index in [4.69, 9.17) is 0 Å². The van der Waals surface area contributed by atoms with Crippen LogP contribution in [0.5, 0.6) is 0 Å². The van der Waals surface area contributed by atoms with Crippen LogP contribution in [0.1, 0.15) is 147 Å². The number of allylic oxidation sites excluding steroid dienone is 6. The quantitative estimate of drug-likeness (QED) is 0.193. The first-order valence-corrected chi connectivity index (χ1v) is 19.8. The lowest BCUT2D eigenvalue weighted by Crippen LogP contribution is -2.30. The molecule has 0 fully saturated rings. The summed E-state index contributed by atoms with van der Waals surface area (Å²) in [5, 5.41) is 2.88. The Balaban J connectivity index is 1.52. The van der Waals surface area contributed by atoms with E-state index in [1.807, 2.05) is 0 Å². The third-order valence-electron chi connectivity index (χ3n) is 13.7. The Kier molecular flexibility index (Phi) is 7.49. The van der Waals surface area contributed by atoms with Crippen molar-refractivity contribution < 1.29 is 0 Å². The fourth-order valence-corrected chi connectivity index (χ4v) is 11.4. The molecule has 0 N–H and O–H groups in total. The van der Waals surface area contributed by atoms with Gasteiger partial charge in [-0.1, -0.05) is 155 Å². The van der Waals surface area contributed by atoms with Gasteiger partial charge in [-0.05, 0) is 133 Å². The van der Waals surface area contributed by atoms with Gasteiger partial charge in [0.25, 0.3) is 0 Å². The molecule has 0 saturated carbocycles. The summed E-state index contributed by atoms with van der Waals surface area (Å²) in [6.07, 6.45) is 11.3. The van der Waals surface area contributed by atoms with Crippen LogP contribution in [0.3, 0.4) is 0 Å². The summed E-state index contributed by atoms with van der Waals surface area (Å²) in [5.74, 6) is 1.17. The number of fused-ring (bicyclic) bond motifs is 12. The second-order valence-electron chi connectivity index (χ2n) is 18.1. The number of rotatable bonds is 6. The van der Waals surface area contributed by atoms with Gasteiger partial charge in [-0.3, -0.25) is 0 Å². The Labute approximate surface area is 302 Å². The Morgan fingerprint density at radius 2 is 1.24 bits per heavy atom. The predicted octanol–water partition coefficient (Wildman–Crippen LogP) is 14.0. The first-order chi connectivity index (χ1) is 23.8. The maximum atomic E-state index is 2.79. The second kappa shape index (κ2) is 11.2. The Bertz CT molecular complexity index is 2160. The van der Waals surface area contributed by atoms with E-state index < -0.39 is 0 Å². The van der Waals surface area contributed by atoms with Gasteiger partial charge in [0.15, 0.2) is 0 Å². The maximum absolute atomic E-state index is 2.79. The van der Waals surface area contributed by atoms with Crippen molar-refractivity contribution in [3.8, 4) is 11.1 Å². The molecule has 50 heavy (non-hydrogen) atoms. The Morgan fingerprint density at radius 1 is 0.620 bits per heavy atom. The molecular weight excluding hydrogens is 601 g/mol. The molecule has 8 rings (SSSR count). The molecule has 258 valence electrons. The minimum absolute atomic E-state index is 0.0165. The molecule has 0 radical (unpaired) electrons. The summed E-state index contributed by atoms with van der Waals surface area (Å²) >= 11 is 0. The van der Waals surface area contributed by atoms with Crippen molar-refractivity contribution in [2.24, 2.45) is 11.8 Å². The average Bonchev–Trinajstić information content (AvgIpc) is 3.60. The van der Waals surface area contributed by atoms with Crippen LogP contribution in [0, 0.1) is 11.8 Å². The normalized spacial score (nSPS) is 21.1. The van der Waals surface area contributed by atoms with E-state index in [2.05, 4.69) is 155 Å². The van der Waals surface area contributed by atoms with Crippen molar-refractivity contribution in [1.29, 1.82) is 0 Å². The standard InChI is InChI=1S/C50H58/c1-12-30(13-2)32-26-33(31(14-3)15-4)29-50(28-32)40-25-24-37-44(49(10,11)45-36-22-18-19-23-39(36)48(8,9)46(37)45)42(40)38-27-41(47(5,6)7)34-20-16-17-21-35(34)43(38)50/h16-28,30-31H,12-15,29H2,1-11H3. The van der Waals surface area contributed by atoms with Crippen LogP contribution in [0.4, 0.5) is 0 Å².